The zero-order valence-electron chi connectivity index (χ0n) is 9.80. The average Bonchev–Trinajstić information content (AvgIpc) is 2.19. The van der Waals surface area contributed by atoms with Gasteiger partial charge in [-0.3, -0.25) is 4.79 Å². The van der Waals surface area contributed by atoms with Gasteiger partial charge in [-0.25, -0.2) is 8.78 Å². The number of alkyl halides is 2. The van der Waals surface area contributed by atoms with E-state index >= 15 is 0 Å². The van der Waals surface area contributed by atoms with E-state index in [1.54, 1.807) is 11.9 Å². The summed E-state index contributed by atoms with van der Waals surface area (Å²) in [6.45, 7) is 2.07. The van der Waals surface area contributed by atoms with Crippen LogP contribution in [0.15, 0.2) is 0 Å². The summed E-state index contributed by atoms with van der Waals surface area (Å²) in [5, 5.41) is 9.16. The van der Waals surface area contributed by atoms with E-state index in [0.29, 0.717) is 6.42 Å². The van der Waals surface area contributed by atoms with E-state index in [0.717, 1.165) is 6.42 Å². The summed E-state index contributed by atoms with van der Waals surface area (Å²) >= 11 is 0. The van der Waals surface area contributed by atoms with Crippen LogP contribution < -0.4 is 0 Å². The number of rotatable bonds is 4. The SMILES string of the molecule is CCCCC1(C(=O)O)CN(C)CCC1(F)F. The maximum atomic E-state index is 13.9. The smallest absolute Gasteiger partial charge is 0.317 e. The summed E-state index contributed by atoms with van der Waals surface area (Å²) in [6.07, 6.45) is 0.945. The van der Waals surface area contributed by atoms with Crippen molar-refractivity contribution in [1.29, 1.82) is 0 Å². The van der Waals surface area contributed by atoms with Crippen LogP contribution in [0, 0.1) is 5.41 Å². The molecule has 0 aromatic rings. The minimum atomic E-state index is -3.10. The second kappa shape index (κ2) is 4.65. The molecule has 3 nitrogen and oxygen atoms in total. The lowest BCUT2D eigenvalue weighted by Crippen LogP contribution is -2.58. The lowest BCUT2D eigenvalue weighted by Gasteiger charge is -2.44. The molecular weight excluding hydrogens is 216 g/mol. The van der Waals surface area contributed by atoms with Crippen LogP contribution in [-0.2, 0) is 4.79 Å². The Kier molecular flexibility index (Phi) is 3.88. The van der Waals surface area contributed by atoms with Crippen molar-refractivity contribution in [3.8, 4) is 0 Å². The highest BCUT2D eigenvalue weighted by Crippen LogP contribution is 2.46. The van der Waals surface area contributed by atoms with Gasteiger partial charge in [0.25, 0.3) is 5.92 Å². The Balaban J connectivity index is 2.98. The molecule has 1 atom stereocenters. The minimum Gasteiger partial charge on any atom is -0.481 e. The number of carbonyl (C=O) groups is 1. The third-order valence-electron chi connectivity index (χ3n) is 3.41. The number of hydrogen-bond donors (Lipinski definition) is 1. The van der Waals surface area contributed by atoms with Gasteiger partial charge in [0, 0.05) is 19.5 Å². The fourth-order valence-corrected chi connectivity index (χ4v) is 2.30. The first-order valence-electron chi connectivity index (χ1n) is 5.65. The monoisotopic (exact) mass is 235 g/mol. The fraction of sp³-hybridized carbons (Fsp3) is 0.909. The van der Waals surface area contributed by atoms with Crippen LogP contribution in [-0.4, -0.2) is 42.0 Å². The standard InChI is InChI=1S/C11H19F2NO2/c1-3-4-5-10(9(15)16)8-14(2)7-6-11(10,12)13/h3-8H2,1-2H3,(H,15,16). The van der Waals surface area contributed by atoms with Crippen LogP contribution in [0.25, 0.3) is 0 Å². The van der Waals surface area contributed by atoms with Crippen LogP contribution in [0.2, 0.25) is 0 Å². The molecule has 1 heterocycles. The number of unbranched alkanes of at least 4 members (excludes halogenated alkanes) is 1. The average molecular weight is 235 g/mol. The quantitative estimate of drug-likeness (QED) is 0.812. The second-order valence-corrected chi connectivity index (χ2v) is 4.68. The third-order valence-corrected chi connectivity index (χ3v) is 3.41. The molecule has 1 aliphatic heterocycles. The highest BCUT2D eigenvalue weighted by molar-refractivity contribution is 5.76. The zero-order valence-corrected chi connectivity index (χ0v) is 9.80. The van der Waals surface area contributed by atoms with E-state index in [-0.39, 0.29) is 25.9 Å². The van der Waals surface area contributed by atoms with Gasteiger partial charge in [-0.15, -0.1) is 0 Å². The summed E-state index contributed by atoms with van der Waals surface area (Å²) in [6, 6.07) is 0. The van der Waals surface area contributed by atoms with E-state index in [2.05, 4.69) is 0 Å². The molecule has 0 spiro atoms. The maximum Gasteiger partial charge on any atom is 0.317 e. The molecule has 0 aromatic carbocycles. The predicted octanol–water partition coefficient (Wildman–Crippen LogP) is 2.22. The van der Waals surface area contributed by atoms with Gasteiger partial charge in [-0.2, -0.15) is 0 Å². The van der Waals surface area contributed by atoms with E-state index in [1.165, 1.54) is 0 Å². The van der Waals surface area contributed by atoms with Gasteiger partial charge in [0.15, 0.2) is 0 Å². The molecule has 5 heteroatoms. The number of carboxylic acid groups (broad SMARTS) is 1. The fourth-order valence-electron chi connectivity index (χ4n) is 2.30. The summed E-state index contributed by atoms with van der Waals surface area (Å²) in [5.74, 6) is -4.46. The van der Waals surface area contributed by atoms with Gasteiger partial charge in [0.1, 0.15) is 5.41 Å². The largest absolute Gasteiger partial charge is 0.481 e. The van der Waals surface area contributed by atoms with Gasteiger partial charge in [0.05, 0.1) is 0 Å². The maximum absolute atomic E-state index is 13.9. The van der Waals surface area contributed by atoms with Gasteiger partial charge in [-0.05, 0) is 13.5 Å². The molecule has 0 amide bonds. The first kappa shape index (κ1) is 13.4. The van der Waals surface area contributed by atoms with E-state index in [9.17, 15) is 13.6 Å². The number of nitrogens with zero attached hydrogens (tertiary/aromatic N) is 1. The van der Waals surface area contributed by atoms with Gasteiger partial charge in [0.2, 0.25) is 0 Å². The summed E-state index contributed by atoms with van der Waals surface area (Å²) in [7, 11) is 1.69. The molecular formula is C11H19F2NO2. The molecule has 0 radical (unpaired) electrons. The van der Waals surface area contributed by atoms with Gasteiger partial charge >= 0.3 is 5.97 Å². The molecule has 1 saturated heterocycles. The highest BCUT2D eigenvalue weighted by atomic mass is 19.3. The van der Waals surface area contributed by atoms with Crippen molar-refractivity contribution in [2.75, 3.05) is 20.1 Å². The number of hydrogen-bond acceptors (Lipinski definition) is 2. The summed E-state index contributed by atoms with van der Waals surface area (Å²) < 4.78 is 27.7. The number of piperidine rings is 1. The van der Waals surface area contributed by atoms with Crippen molar-refractivity contribution in [3.05, 3.63) is 0 Å². The van der Waals surface area contributed by atoms with Crippen LogP contribution in [0.5, 0.6) is 0 Å². The van der Waals surface area contributed by atoms with Crippen LogP contribution >= 0.6 is 0 Å². The number of carboxylic acids is 1. The first-order valence-corrected chi connectivity index (χ1v) is 5.65. The van der Waals surface area contributed by atoms with E-state index < -0.39 is 17.3 Å². The number of likely N-dealkylation sites (tertiary alicyclic amines) is 1. The molecule has 1 N–H and O–H groups in total. The first-order chi connectivity index (χ1) is 7.35. The molecule has 0 aromatic heterocycles. The molecule has 94 valence electrons. The Morgan fingerprint density at radius 1 is 1.50 bits per heavy atom. The van der Waals surface area contributed by atoms with Crippen LogP contribution in [0.3, 0.4) is 0 Å². The molecule has 0 saturated carbocycles. The van der Waals surface area contributed by atoms with Crippen molar-refractivity contribution in [1.82, 2.24) is 4.90 Å². The number of aliphatic carboxylic acids is 1. The molecule has 0 aliphatic carbocycles. The second-order valence-electron chi connectivity index (χ2n) is 4.68. The Bertz CT molecular complexity index is 271. The highest BCUT2D eigenvalue weighted by Gasteiger charge is 2.60. The normalized spacial score (nSPS) is 30.2. The van der Waals surface area contributed by atoms with Crippen molar-refractivity contribution >= 4 is 5.97 Å². The van der Waals surface area contributed by atoms with Crippen molar-refractivity contribution in [2.24, 2.45) is 5.41 Å². The third kappa shape index (κ3) is 2.19. The topological polar surface area (TPSA) is 40.5 Å². The molecule has 1 unspecified atom stereocenters. The lowest BCUT2D eigenvalue weighted by atomic mass is 9.73. The van der Waals surface area contributed by atoms with Gasteiger partial charge in [-0.1, -0.05) is 19.8 Å². The Morgan fingerprint density at radius 3 is 2.62 bits per heavy atom. The zero-order chi connectivity index (χ0) is 12.4. The Hall–Kier alpha value is -0.710. The number of halogens is 2. The van der Waals surface area contributed by atoms with Crippen LogP contribution in [0.1, 0.15) is 32.6 Å². The molecule has 0 bridgehead atoms. The lowest BCUT2D eigenvalue weighted by molar-refractivity contribution is -0.198. The molecule has 1 fully saturated rings. The summed E-state index contributed by atoms with van der Waals surface area (Å²) in [4.78, 5) is 12.9. The van der Waals surface area contributed by atoms with Crippen molar-refractivity contribution in [3.63, 3.8) is 0 Å². The molecule has 1 aliphatic rings. The minimum absolute atomic E-state index is 0.0518. The molecule has 1 rings (SSSR count). The van der Waals surface area contributed by atoms with Crippen LogP contribution in [0.4, 0.5) is 8.78 Å². The van der Waals surface area contributed by atoms with E-state index in [4.69, 9.17) is 5.11 Å². The summed E-state index contributed by atoms with van der Waals surface area (Å²) in [5.41, 5.74) is -1.89. The predicted molar refractivity (Wildman–Crippen MR) is 56.7 cm³/mol. The van der Waals surface area contributed by atoms with Crippen molar-refractivity contribution < 1.29 is 18.7 Å². The molecule has 16 heavy (non-hydrogen) atoms. The van der Waals surface area contributed by atoms with Crippen molar-refractivity contribution in [2.45, 2.75) is 38.5 Å². The van der Waals surface area contributed by atoms with E-state index in [1.807, 2.05) is 6.92 Å². The Morgan fingerprint density at radius 2 is 2.12 bits per heavy atom. The van der Waals surface area contributed by atoms with Gasteiger partial charge < -0.3 is 10.0 Å². The Labute approximate surface area is 94.4 Å².